The van der Waals surface area contributed by atoms with E-state index in [1.165, 1.54) is 0 Å². The Balaban J connectivity index is 1.68. The molecule has 0 aromatic heterocycles. The van der Waals surface area contributed by atoms with Crippen molar-refractivity contribution in [1.29, 1.82) is 0 Å². The Labute approximate surface area is 165 Å². The van der Waals surface area contributed by atoms with E-state index < -0.39 is 5.41 Å². The summed E-state index contributed by atoms with van der Waals surface area (Å²) in [5, 5.41) is 0. The molecule has 0 unspecified atom stereocenters. The number of rotatable bonds is 3. The SMILES string of the molecule is COc1ccc(-c2ccccc2)cc1N1C(=O)[C@@H]2C[C@H]1CN2C(=O)C(C)(C)C. The lowest BCUT2D eigenvalue weighted by atomic mass is 9.94. The fourth-order valence-corrected chi connectivity index (χ4v) is 4.23. The number of hydrogen-bond acceptors (Lipinski definition) is 3. The van der Waals surface area contributed by atoms with Crippen molar-refractivity contribution in [2.45, 2.75) is 39.3 Å². The maximum Gasteiger partial charge on any atom is 0.250 e. The number of anilines is 1. The molecule has 4 rings (SSSR count). The van der Waals surface area contributed by atoms with Gasteiger partial charge in [0.1, 0.15) is 11.8 Å². The second kappa shape index (κ2) is 6.66. The normalized spacial score (nSPS) is 21.4. The summed E-state index contributed by atoms with van der Waals surface area (Å²) >= 11 is 0. The van der Waals surface area contributed by atoms with Crippen LogP contribution < -0.4 is 9.64 Å². The van der Waals surface area contributed by atoms with Gasteiger partial charge < -0.3 is 14.5 Å². The maximum atomic E-state index is 13.2. The minimum atomic E-state index is -0.486. The number of benzene rings is 2. The third kappa shape index (κ3) is 2.95. The average Bonchev–Trinajstić information content (AvgIpc) is 3.25. The maximum absolute atomic E-state index is 13.2. The highest BCUT2D eigenvalue weighted by Crippen LogP contribution is 2.42. The minimum absolute atomic E-state index is 0.0104. The highest BCUT2D eigenvalue weighted by atomic mass is 16.5. The van der Waals surface area contributed by atoms with E-state index in [-0.39, 0.29) is 23.9 Å². The Morgan fingerprint density at radius 2 is 1.79 bits per heavy atom. The van der Waals surface area contributed by atoms with E-state index in [4.69, 9.17) is 4.74 Å². The fraction of sp³-hybridized carbons (Fsp3) is 0.391. The topological polar surface area (TPSA) is 49.9 Å². The molecule has 0 spiro atoms. The minimum Gasteiger partial charge on any atom is -0.495 e. The third-order valence-electron chi connectivity index (χ3n) is 5.61. The van der Waals surface area contributed by atoms with Gasteiger partial charge in [-0.1, -0.05) is 57.2 Å². The lowest BCUT2D eigenvalue weighted by Crippen LogP contribution is -2.54. The number of ether oxygens (including phenoxy) is 1. The van der Waals surface area contributed by atoms with Gasteiger partial charge in [-0.25, -0.2) is 0 Å². The highest BCUT2D eigenvalue weighted by Gasteiger charge is 2.53. The van der Waals surface area contributed by atoms with E-state index in [0.717, 1.165) is 16.8 Å². The molecule has 2 bridgehead atoms. The molecular formula is C23H26N2O3. The van der Waals surface area contributed by atoms with Crippen molar-refractivity contribution < 1.29 is 14.3 Å². The number of piperazine rings is 1. The molecule has 2 atom stereocenters. The Morgan fingerprint density at radius 3 is 2.39 bits per heavy atom. The Morgan fingerprint density at radius 1 is 1.07 bits per heavy atom. The number of amides is 2. The van der Waals surface area contributed by atoms with Crippen LogP contribution in [0.2, 0.25) is 0 Å². The Bertz CT molecular complexity index is 917. The summed E-state index contributed by atoms with van der Waals surface area (Å²) in [5.74, 6) is 0.699. The van der Waals surface area contributed by atoms with Gasteiger partial charge in [0.2, 0.25) is 11.8 Å². The van der Waals surface area contributed by atoms with Gasteiger partial charge in [0, 0.05) is 12.0 Å². The number of fused-ring (bicyclic) bond motifs is 2. The zero-order valence-electron chi connectivity index (χ0n) is 16.8. The summed E-state index contributed by atoms with van der Waals surface area (Å²) in [6, 6.07) is 15.6. The van der Waals surface area contributed by atoms with Crippen molar-refractivity contribution in [1.82, 2.24) is 4.90 Å². The number of methoxy groups -OCH3 is 1. The second-order valence-electron chi connectivity index (χ2n) is 8.57. The highest BCUT2D eigenvalue weighted by molar-refractivity contribution is 6.05. The molecule has 28 heavy (non-hydrogen) atoms. The molecule has 0 N–H and O–H groups in total. The van der Waals surface area contributed by atoms with E-state index in [2.05, 4.69) is 0 Å². The number of likely N-dealkylation sites (tertiary alicyclic amines) is 1. The van der Waals surface area contributed by atoms with Crippen LogP contribution in [0.15, 0.2) is 48.5 Å². The van der Waals surface area contributed by atoms with Crippen LogP contribution in [0.4, 0.5) is 5.69 Å². The van der Waals surface area contributed by atoms with E-state index in [1.807, 2.05) is 74.2 Å². The van der Waals surface area contributed by atoms with Crippen LogP contribution in [0, 0.1) is 5.41 Å². The molecule has 2 amide bonds. The predicted molar refractivity (Wildman–Crippen MR) is 109 cm³/mol. The van der Waals surface area contributed by atoms with Crippen LogP contribution in [0.1, 0.15) is 27.2 Å². The van der Waals surface area contributed by atoms with Crippen molar-refractivity contribution in [3.63, 3.8) is 0 Å². The second-order valence-corrected chi connectivity index (χ2v) is 8.57. The summed E-state index contributed by atoms with van der Waals surface area (Å²) < 4.78 is 5.56. The van der Waals surface area contributed by atoms with Crippen LogP contribution in [0.5, 0.6) is 5.75 Å². The first-order valence-corrected chi connectivity index (χ1v) is 9.69. The largest absolute Gasteiger partial charge is 0.495 e. The van der Waals surface area contributed by atoms with Crippen molar-refractivity contribution in [2.24, 2.45) is 5.41 Å². The number of carbonyl (C=O) groups excluding carboxylic acids is 2. The van der Waals surface area contributed by atoms with E-state index >= 15 is 0 Å². The van der Waals surface area contributed by atoms with Gasteiger partial charge in [-0.2, -0.15) is 0 Å². The van der Waals surface area contributed by atoms with Crippen molar-refractivity contribution in [3.8, 4) is 16.9 Å². The summed E-state index contributed by atoms with van der Waals surface area (Å²) in [7, 11) is 1.62. The van der Waals surface area contributed by atoms with E-state index in [0.29, 0.717) is 18.7 Å². The van der Waals surface area contributed by atoms with Gasteiger partial charge >= 0.3 is 0 Å². The Kier molecular flexibility index (Phi) is 4.41. The van der Waals surface area contributed by atoms with Gasteiger partial charge in [0.25, 0.3) is 0 Å². The molecule has 0 saturated carbocycles. The fourth-order valence-electron chi connectivity index (χ4n) is 4.23. The molecular weight excluding hydrogens is 352 g/mol. The van der Waals surface area contributed by atoms with Crippen LogP contribution >= 0.6 is 0 Å². The molecule has 2 saturated heterocycles. The van der Waals surface area contributed by atoms with Crippen LogP contribution in [0.25, 0.3) is 11.1 Å². The molecule has 2 aliphatic rings. The van der Waals surface area contributed by atoms with E-state index in [1.54, 1.807) is 12.0 Å². The standard InChI is InChI=1S/C23H26N2O3/c1-23(2,3)22(27)24-14-17-13-19(24)21(26)25(17)18-12-16(10-11-20(18)28-4)15-8-6-5-7-9-15/h5-12,17,19H,13-14H2,1-4H3/t17-,19-/m0/s1. The van der Waals surface area contributed by atoms with Gasteiger partial charge in [0.15, 0.2) is 0 Å². The molecule has 2 heterocycles. The molecule has 2 aromatic rings. The number of nitrogens with zero attached hydrogens (tertiary/aromatic N) is 2. The summed E-state index contributed by atoms with van der Waals surface area (Å²) in [5.41, 5.74) is 2.42. The molecule has 2 aromatic carbocycles. The zero-order chi connectivity index (χ0) is 20.1. The summed E-state index contributed by atoms with van der Waals surface area (Å²) in [6.45, 7) is 6.27. The molecule has 0 aliphatic carbocycles. The first-order chi connectivity index (χ1) is 13.3. The first kappa shape index (κ1) is 18.5. The van der Waals surface area contributed by atoms with Gasteiger partial charge in [0.05, 0.1) is 18.8 Å². The summed E-state index contributed by atoms with van der Waals surface area (Å²) in [6.07, 6.45) is 0.680. The number of hydrogen-bond donors (Lipinski definition) is 0. The molecule has 2 aliphatic heterocycles. The van der Waals surface area contributed by atoms with Crippen LogP contribution in [0.3, 0.4) is 0 Å². The van der Waals surface area contributed by atoms with Gasteiger partial charge in [-0.3, -0.25) is 9.59 Å². The first-order valence-electron chi connectivity index (χ1n) is 9.69. The van der Waals surface area contributed by atoms with Crippen molar-refractivity contribution in [3.05, 3.63) is 48.5 Å². The third-order valence-corrected chi connectivity index (χ3v) is 5.61. The van der Waals surface area contributed by atoms with E-state index in [9.17, 15) is 9.59 Å². The lowest BCUT2D eigenvalue weighted by Gasteiger charge is -2.37. The predicted octanol–water partition coefficient (Wildman–Crippen LogP) is 3.72. The lowest BCUT2D eigenvalue weighted by molar-refractivity contribution is -0.144. The van der Waals surface area contributed by atoms with Crippen LogP contribution in [-0.2, 0) is 9.59 Å². The van der Waals surface area contributed by atoms with Crippen LogP contribution in [-0.4, -0.2) is 42.5 Å². The molecule has 2 fully saturated rings. The molecule has 146 valence electrons. The molecule has 5 nitrogen and oxygen atoms in total. The smallest absolute Gasteiger partial charge is 0.250 e. The van der Waals surface area contributed by atoms with Crippen molar-refractivity contribution >= 4 is 17.5 Å². The quantitative estimate of drug-likeness (QED) is 0.818. The van der Waals surface area contributed by atoms with Crippen molar-refractivity contribution in [2.75, 3.05) is 18.6 Å². The zero-order valence-corrected chi connectivity index (χ0v) is 16.8. The Hall–Kier alpha value is -2.82. The summed E-state index contributed by atoms with van der Waals surface area (Å²) in [4.78, 5) is 29.5. The van der Waals surface area contributed by atoms with Gasteiger partial charge in [-0.05, 0) is 29.7 Å². The number of carbonyl (C=O) groups is 2. The van der Waals surface area contributed by atoms with Gasteiger partial charge in [-0.15, -0.1) is 0 Å². The average molecular weight is 378 g/mol. The molecule has 5 heteroatoms. The molecule has 0 radical (unpaired) electrons. The monoisotopic (exact) mass is 378 g/mol.